The monoisotopic (exact) mass is 540 g/mol. The summed E-state index contributed by atoms with van der Waals surface area (Å²) in [4.78, 5) is 14.3. The molecule has 0 amide bonds. The molecular weight excluding hydrogens is 513 g/mol. The molecule has 0 bridgehead atoms. The molecule has 2 heterocycles. The Kier molecular flexibility index (Phi) is 8.05. The first-order chi connectivity index (χ1) is 14.6. The first-order valence-corrected chi connectivity index (χ1v) is 10.3. The van der Waals surface area contributed by atoms with Gasteiger partial charge in [0, 0.05) is 38.6 Å². The number of aliphatic imine (C=N–C) groups is 1. The molecule has 3 N–H and O–H groups in total. The number of hydrogen-bond acceptors (Lipinski definition) is 3. The average Bonchev–Trinajstić information content (AvgIpc) is 3.34. The molecule has 1 fully saturated rings. The van der Waals surface area contributed by atoms with Gasteiger partial charge in [0.25, 0.3) is 0 Å². The van der Waals surface area contributed by atoms with Crippen LogP contribution in [0.2, 0.25) is 0 Å². The van der Waals surface area contributed by atoms with Crippen molar-refractivity contribution < 1.29 is 8.78 Å². The molecule has 3 aromatic rings. The lowest BCUT2D eigenvalue weighted by Crippen LogP contribution is -2.44. The molecule has 0 spiro atoms. The molecule has 1 saturated heterocycles. The Hall–Kier alpha value is -2.43. The van der Waals surface area contributed by atoms with Crippen LogP contribution in [0.1, 0.15) is 19.2 Å². The minimum absolute atomic E-state index is 0. The first kappa shape index (κ1) is 23.2. The molecular formula is C22H27F2IN6. The number of benzene rings is 2. The number of aromatic amines is 1. The van der Waals surface area contributed by atoms with Gasteiger partial charge in [0.15, 0.2) is 5.96 Å². The van der Waals surface area contributed by atoms with Gasteiger partial charge in [-0.3, -0.25) is 4.99 Å². The number of hydrogen-bond donors (Lipinski definition) is 3. The predicted molar refractivity (Wildman–Crippen MR) is 131 cm³/mol. The molecule has 1 aromatic heterocycles. The number of aromatic nitrogens is 2. The van der Waals surface area contributed by atoms with E-state index in [4.69, 9.17) is 0 Å². The van der Waals surface area contributed by atoms with E-state index in [2.05, 4.69) is 25.6 Å². The molecule has 2 aromatic carbocycles. The van der Waals surface area contributed by atoms with Crippen LogP contribution in [-0.2, 0) is 6.42 Å². The van der Waals surface area contributed by atoms with Crippen LogP contribution in [0.5, 0.6) is 0 Å². The Bertz CT molecular complexity index is 985. The Balaban J connectivity index is 0.00000272. The standard InChI is InChI=1S/C22H26F2N6.HI/c1-2-25-22(26-12-10-20-28-18-8-3-4-9-19(18)29-20)27-15-11-13-30(14-15)21-16(23)6-5-7-17(21)24;/h3-9,15H,2,10-14H2,1H3,(H,28,29)(H2,25,26,27);1H. The second kappa shape index (κ2) is 10.7. The minimum Gasteiger partial charge on any atom is -0.365 e. The third kappa shape index (κ3) is 5.63. The summed E-state index contributed by atoms with van der Waals surface area (Å²) in [5.74, 6) is 0.552. The van der Waals surface area contributed by atoms with Crippen LogP contribution < -0.4 is 15.5 Å². The highest BCUT2D eigenvalue weighted by molar-refractivity contribution is 14.0. The maximum absolute atomic E-state index is 14.1. The number of para-hydroxylation sites is 3. The van der Waals surface area contributed by atoms with Crippen molar-refractivity contribution in [1.29, 1.82) is 0 Å². The number of nitrogens with zero attached hydrogens (tertiary/aromatic N) is 3. The Morgan fingerprint density at radius 3 is 2.71 bits per heavy atom. The number of halogens is 3. The van der Waals surface area contributed by atoms with Crippen molar-refractivity contribution in [2.24, 2.45) is 4.99 Å². The van der Waals surface area contributed by atoms with Crippen LogP contribution in [0.25, 0.3) is 11.0 Å². The fourth-order valence-corrected chi connectivity index (χ4v) is 3.78. The van der Waals surface area contributed by atoms with Crippen molar-refractivity contribution in [3.63, 3.8) is 0 Å². The van der Waals surface area contributed by atoms with Crippen LogP contribution in [0.3, 0.4) is 0 Å². The van der Waals surface area contributed by atoms with Crippen molar-refractivity contribution in [2.75, 3.05) is 31.1 Å². The summed E-state index contributed by atoms with van der Waals surface area (Å²) in [6.07, 6.45) is 1.48. The van der Waals surface area contributed by atoms with Gasteiger partial charge >= 0.3 is 0 Å². The SMILES string of the molecule is CCNC(=NCCc1nc2ccccc2[nH]1)NC1CCN(c2c(F)cccc2F)C1.I. The van der Waals surface area contributed by atoms with Crippen molar-refractivity contribution in [1.82, 2.24) is 20.6 Å². The van der Waals surface area contributed by atoms with E-state index >= 15 is 0 Å². The molecule has 1 aliphatic rings. The summed E-state index contributed by atoms with van der Waals surface area (Å²) >= 11 is 0. The normalized spacial score (nSPS) is 16.4. The zero-order chi connectivity index (χ0) is 20.9. The van der Waals surface area contributed by atoms with Crippen LogP contribution in [0.4, 0.5) is 14.5 Å². The van der Waals surface area contributed by atoms with E-state index in [1.54, 1.807) is 4.90 Å². The van der Waals surface area contributed by atoms with Gasteiger partial charge < -0.3 is 20.5 Å². The molecule has 0 saturated carbocycles. The maximum atomic E-state index is 14.1. The number of imidazole rings is 1. The molecule has 0 aliphatic carbocycles. The van der Waals surface area contributed by atoms with Crippen LogP contribution >= 0.6 is 24.0 Å². The molecule has 1 aliphatic heterocycles. The van der Waals surface area contributed by atoms with Gasteiger partial charge in [-0.15, -0.1) is 24.0 Å². The van der Waals surface area contributed by atoms with Crippen LogP contribution in [0.15, 0.2) is 47.5 Å². The van der Waals surface area contributed by atoms with Gasteiger partial charge in [-0.2, -0.15) is 0 Å². The second-order valence-electron chi connectivity index (χ2n) is 7.36. The lowest BCUT2D eigenvalue weighted by Gasteiger charge is -2.21. The number of anilines is 1. The van der Waals surface area contributed by atoms with E-state index in [1.165, 1.54) is 18.2 Å². The highest BCUT2D eigenvalue weighted by atomic mass is 127. The number of rotatable bonds is 6. The van der Waals surface area contributed by atoms with Gasteiger partial charge in [-0.05, 0) is 37.6 Å². The largest absolute Gasteiger partial charge is 0.365 e. The fourth-order valence-electron chi connectivity index (χ4n) is 3.78. The predicted octanol–water partition coefficient (Wildman–Crippen LogP) is 3.84. The number of guanidine groups is 1. The maximum Gasteiger partial charge on any atom is 0.191 e. The van der Waals surface area contributed by atoms with E-state index in [1.807, 2.05) is 31.2 Å². The van der Waals surface area contributed by atoms with Gasteiger partial charge in [0.2, 0.25) is 0 Å². The topological polar surface area (TPSA) is 68.3 Å². The molecule has 9 heteroatoms. The lowest BCUT2D eigenvalue weighted by atomic mass is 10.2. The third-order valence-electron chi connectivity index (χ3n) is 5.18. The highest BCUT2D eigenvalue weighted by Gasteiger charge is 2.27. The van der Waals surface area contributed by atoms with E-state index < -0.39 is 11.6 Å². The quantitative estimate of drug-likeness (QED) is 0.253. The Morgan fingerprint density at radius 1 is 1.19 bits per heavy atom. The summed E-state index contributed by atoms with van der Waals surface area (Å²) in [5.41, 5.74) is 2.02. The number of nitrogens with one attached hydrogen (secondary N) is 3. The highest BCUT2D eigenvalue weighted by Crippen LogP contribution is 2.26. The van der Waals surface area contributed by atoms with Crippen molar-refractivity contribution in [3.8, 4) is 0 Å². The fraction of sp³-hybridized carbons (Fsp3) is 0.364. The zero-order valence-corrected chi connectivity index (χ0v) is 19.7. The molecule has 0 radical (unpaired) electrons. The summed E-state index contributed by atoms with van der Waals surface area (Å²) in [6.45, 7) is 4.42. The average molecular weight is 540 g/mol. The summed E-state index contributed by atoms with van der Waals surface area (Å²) in [5, 5.41) is 6.63. The minimum atomic E-state index is -0.526. The summed E-state index contributed by atoms with van der Waals surface area (Å²) in [6, 6.07) is 12.0. The van der Waals surface area contributed by atoms with Crippen LogP contribution in [0, 0.1) is 11.6 Å². The smallest absolute Gasteiger partial charge is 0.191 e. The Labute approximate surface area is 197 Å². The van der Waals surface area contributed by atoms with Crippen molar-refractivity contribution in [3.05, 3.63) is 59.9 Å². The van der Waals surface area contributed by atoms with E-state index in [9.17, 15) is 8.78 Å². The molecule has 1 unspecified atom stereocenters. The van der Waals surface area contributed by atoms with Crippen LogP contribution in [-0.4, -0.2) is 48.1 Å². The van der Waals surface area contributed by atoms with Crippen molar-refractivity contribution >= 4 is 46.7 Å². The number of fused-ring (bicyclic) bond motifs is 1. The molecule has 166 valence electrons. The van der Waals surface area contributed by atoms with Gasteiger partial charge in [-0.25, -0.2) is 13.8 Å². The van der Waals surface area contributed by atoms with Gasteiger partial charge in [-0.1, -0.05) is 18.2 Å². The second-order valence-corrected chi connectivity index (χ2v) is 7.36. The summed E-state index contributed by atoms with van der Waals surface area (Å²) in [7, 11) is 0. The molecule has 4 rings (SSSR count). The molecule has 6 nitrogen and oxygen atoms in total. The van der Waals surface area contributed by atoms with Crippen molar-refractivity contribution in [2.45, 2.75) is 25.8 Å². The third-order valence-corrected chi connectivity index (χ3v) is 5.18. The zero-order valence-electron chi connectivity index (χ0n) is 17.4. The molecule has 1 atom stereocenters. The lowest BCUT2D eigenvalue weighted by molar-refractivity contribution is 0.576. The van der Waals surface area contributed by atoms with Gasteiger partial charge in [0.1, 0.15) is 23.1 Å². The van der Waals surface area contributed by atoms with E-state index in [0.717, 1.165) is 29.8 Å². The van der Waals surface area contributed by atoms with E-state index in [-0.39, 0.29) is 35.7 Å². The molecule has 31 heavy (non-hydrogen) atoms. The van der Waals surface area contributed by atoms with E-state index in [0.29, 0.717) is 32.0 Å². The Morgan fingerprint density at radius 2 is 1.97 bits per heavy atom. The first-order valence-electron chi connectivity index (χ1n) is 10.3. The summed E-state index contributed by atoms with van der Waals surface area (Å²) < 4.78 is 28.1. The number of H-pyrrole nitrogens is 1. The van der Waals surface area contributed by atoms with Gasteiger partial charge in [0.05, 0.1) is 11.0 Å².